The van der Waals surface area contributed by atoms with Crippen LogP contribution in [-0.4, -0.2) is 17.8 Å². The second kappa shape index (κ2) is 6.28. The lowest BCUT2D eigenvalue weighted by Gasteiger charge is -2.28. The fraction of sp³-hybridized carbons (Fsp3) is 0.909. The van der Waals surface area contributed by atoms with Gasteiger partial charge in [-0.25, -0.2) is 0 Å². The first-order chi connectivity index (χ1) is 6.76. The Hall–Kier alpha value is -0.240. The van der Waals surface area contributed by atoms with Gasteiger partial charge in [-0.2, -0.15) is 0 Å². The Morgan fingerprint density at radius 2 is 2.00 bits per heavy atom. The summed E-state index contributed by atoms with van der Waals surface area (Å²) >= 11 is 5.44. The second-order valence-electron chi connectivity index (χ2n) is 4.21. The highest BCUT2D eigenvalue weighted by Gasteiger charge is 2.21. The van der Waals surface area contributed by atoms with Crippen molar-refractivity contribution < 1.29 is 4.79 Å². The number of nitrogens with one attached hydrogen (secondary N) is 1. The van der Waals surface area contributed by atoms with E-state index >= 15 is 0 Å². The highest BCUT2D eigenvalue weighted by Crippen LogP contribution is 2.27. The molecule has 14 heavy (non-hydrogen) atoms. The highest BCUT2D eigenvalue weighted by molar-refractivity contribution is 6.27. The fourth-order valence-corrected chi connectivity index (χ4v) is 2.35. The zero-order valence-corrected chi connectivity index (χ0v) is 9.65. The lowest BCUT2D eigenvalue weighted by molar-refractivity contribution is -0.119. The van der Waals surface area contributed by atoms with E-state index in [9.17, 15) is 4.79 Å². The molecule has 82 valence electrons. The molecule has 2 nitrogen and oxygen atoms in total. The number of carbonyl (C=O) groups excluding carboxylic acids is 1. The van der Waals surface area contributed by atoms with E-state index in [1.54, 1.807) is 0 Å². The molecule has 0 saturated heterocycles. The number of halogens is 1. The number of carbonyl (C=O) groups is 1. The molecular formula is C11H20ClNO. The van der Waals surface area contributed by atoms with Crippen molar-refractivity contribution in [2.45, 2.75) is 51.5 Å². The second-order valence-corrected chi connectivity index (χ2v) is 4.47. The molecule has 0 bridgehead atoms. The van der Waals surface area contributed by atoms with Gasteiger partial charge in [0.05, 0.1) is 0 Å². The van der Waals surface area contributed by atoms with E-state index in [1.807, 2.05) is 0 Å². The lowest BCUT2D eigenvalue weighted by atomic mass is 9.83. The summed E-state index contributed by atoms with van der Waals surface area (Å²) in [5.41, 5.74) is 0. The van der Waals surface area contributed by atoms with Gasteiger partial charge < -0.3 is 5.32 Å². The van der Waals surface area contributed by atoms with Crippen LogP contribution in [0, 0.1) is 5.92 Å². The van der Waals surface area contributed by atoms with Gasteiger partial charge in [0.1, 0.15) is 5.88 Å². The summed E-state index contributed by atoms with van der Waals surface area (Å²) in [5.74, 6) is 0.962. The molecule has 1 saturated carbocycles. The van der Waals surface area contributed by atoms with E-state index in [0.29, 0.717) is 6.04 Å². The predicted octanol–water partition coefficient (Wildman–Crippen LogP) is 2.70. The Morgan fingerprint density at radius 3 is 2.50 bits per heavy atom. The Kier molecular flexibility index (Phi) is 5.31. The van der Waals surface area contributed by atoms with Crippen LogP contribution in [0.5, 0.6) is 0 Å². The molecule has 0 aliphatic heterocycles. The first-order valence-electron chi connectivity index (χ1n) is 5.61. The monoisotopic (exact) mass is 217 g/mol. The normalized spacial score (nSPS) is 27.3. The molecular weight excluding hydrogens is 198 g/mol. The molecule has 0 radical (unpaired) electrons. The van der Waals surface area contributed by atoms with Crippen LogP contribution in [0.2, 0.25) is 0 Å². The number of amides is 1. The molecule has 0 atom stereocenters. The first-order valence-corrected chi connectivity index (χ1v) is 6.15. The van der Waals surface area contributed by atoms with Crippen molar-refractivity contribution >= 4 is 17.5 Å². The van der Waals surface area contributed by atoms with Gasteiger partial charge in [-0.3, -0.25) is 4.79 Å². The topological polar surface area (TPSA) is 29.1 Å². The molecule has 0 aromatic carbocycles. The summed E-state index contributed by atoms with van der Waals surface area (Å²) in [6.07, 6.45) is 7.42. The molecule has 0 spiro atoms. The molecule has 1 rings (SSSR count). The van der Waals surface area contributed by atoms with Gasteiger partial charge in [-0.15, -0.1) is 11.6 Å². The number of hydrogen-bond acceptors (Lipinski definition) is 1. The maximum Gasteiger partial charge on any atom is 0.235 e. The summed E-state index contributed by atoms with van der Waals surface area (Å²) in [6, 6.07) is 0.384. The lowest BCUT2D eigenvalue weighted by Crippen LogP contribution is -2.38. The average Bonchev–Trinajstić information content (AvgIpc) is 2.21. The minimum absolute atomic E-state index is 0.0226. The minimum Gasteiger partial charge on any atom is -0.352 e. The van der Waals surface area contributed by atoms with Crippen LogP contribution < -0.4 is 5.32 Å². The molecule has 1 amide bonds. The molecule has 0 aromatic rings. The predicted molar refractivity (Wildman–Crippen MR) is 59.5 cm³/mol. The SMILES string of the molecule is CCCC1CCC(NC(=O)CCl)CC1. The van der Waals surface area contributed by atoms with E-state index in [2.05, 4.69) is 12.2 Å². The van der Waals surface area contributed by atoms with Crippen LogP contribution in [0.25, 0.3) is 0 Å². The van der Waals surface area contributed by atoms with Crippen molar-refractivity contribution in [2.75, 3.05) is 5.88 Å². The number of hydrogen-bond donors (Lipinski definition) is 1. The van der Waals surface area contributed by atoms with Crippen molar-refractivity contribution in [3.8, 4) is 0 Å². The van der Waals surface area contributed by atoms with E-state index in [1.165, 1.54) is 25.7 Å². The quantitative estimate of drug-likeness (QED) is 0.721. The average molecular weight is 218 g/mol. The van der Waals surface area contributed by atoms with E-state index in [4.69, 9.17) is 11.6 Å². The Balaban J connectivity index is 2.18. The molecule has 0 aromatic heterocycles. The maximum atomic E-state index is 11.0. The van der Waals surface area contributed by atoms with Crippen molar-refractivity contribution in [2.24, 2.45) is 5.92 Å². The van der Waals surface area contributed by atoms with E-state index in [-0.39, 0.29) is 11.8 Å². The highest BCUT2D eigenvalue weighted by atomic mass is 35.5. The largest absolute Gasteiger partial charge is 0.352 e. The molecule has 1 aliphatic rings. The van der Waals surface area contributed by atoms with Gasteiger partial charge in [-0.1, -0.05) is 19.8 Å². The Bertz CT molecular complexity index is 176. The molecule has 1 aliphatic carbocycles. The van der Waals surface area contributed by atoms with Gasteiger partial charge >= 0.3 is 0 Å². The third-order valence-electron chi connectivity index (χ3n) is 3.03. The molecule has 0 unspecified atom stereocenters. The Morgan fingerprint density at radius 1 is 1.36 bits per heavy atom. The van der Waals surface area contributed by atoms with Gasteiger partial charge in [0.25, 0.3) is 0 Å². The molecule has 1 fully saturated rings. The van der Waals surface area contributed by atoms with Crippen LogP contribution in [0.1, 0.15) is 45.4 Å². The van der Waals surface area contributed by atoms with Crippen molar-refractivity contribution in [1.29, 1.82) is 0 Å². The van der Waals surface area contributed by atoms with Crippen molar-refractivity contribution in [3.63, 3.8) is 0 Å². The summed E-state index contributed by atoms with van der Waals surface area (Å²) < 4.78 is 0. The van der Waals surface area contributed by atoms with Crippen LogP contribution >= 0.6 is 11.6 Å². The number of alkyl halides is 1. The summed E-state index contributed by atoms with van der Waals surface area (Å²) in [7, 11) is 0. The zero-order chi connectivity index (χ0) is 10.4. The van der Waals surface area contributed by atoms with Crippen LogP contribution in [0.4, 0.5) is 0 Å². The third kappa shape index (κ3) is 3.87. The van der Waals surface area contributed by atoms with Gasteiger partial charge in [0.15, 0.2) is 0 Å². The summed E-state index contributed by atoms with van der Waals surface area (Å²) in [4.78, 5) is 11.0. The van der Waals surface area contributed by atoms with Gasteiger partial charge in [0, 0.05) is 6.04 Å². The van der Waals surface area contributed by atoms with Crippen LogP contribution in [-0.2, 0) is 4.79 Å². The first kappa shape index (κ1) is 11.8. The smallest absolute Gasteiger partial charge is 0.235 e. The van der Waals surface area contributed by atoms with Gasteiger partial charge in [-0.05, 0) is 31.6 Å². The summed E-state index contributed by atoms with van der Waals surface area (Å²) in [5, 5.41) is 2.96. The van der Waals surface area contributed by atoms with E-state index in [0.717, 1.165) is 18.8 Å². The standard InChI is InChI=1S/C11H20ClNO/c1-2-3-9-4-6-10(7-5-9)13-11(14)8-12/h9-10H,2-8H2,1H3,(H,13,14). The molecule has 3 heteroatoms. The van der Waals surface area contributed by atoms with Gasteiger partial charge in [0.2, 0.25) is 5.91 Å². The Labute approximate surface area is 91.4 Å². The van der Waals surface area contributed by atoms with E-state index < -0.39 is 0 Å². The number of rotatable bonds is 4. The minimum atomic E-state index is -0.0226. The molecule has 1 N–H and O–H groups in total. The maximum absolute atomic E-state index is 11.0. The van der Waals surface area contributed by atoms with Crippen molar-refractivity contribution in [3.05, 3.63) is 0 Å². The third-order valence-corrected chi connectivity index (χ3v) is 3.27. The fourth-order valence-electron chi connectivity index (χ4n) is 2.27. The van der Waals surface area contributed by atoms with Crippen molar-refractivity contribution in [1.82, 2.24) is 5.32 Å². The van der Waals surface area contributed by atoms with Crippen LogP contribution in [0.3, 0.4) is 0 Å². The summed E-state index contributed by atoms with van der Waals surface area (Å²) in [6.45, 7) is 2.24. The van der Waals surface area contributed by atoms with Crippen LogP contribution in [0.15, 0.2) is 0 Å². The zero-order valence-electron chi connectivity index (χ0n) is 8.89. The molecule has 0 heterocycles.